The molecule has 19 heavy (non-hydrogen) atoms. The van der Waals surface area contributed by atoms with Gasteiger partial charge in [-0.05, 0) is 63.3 Å². The summed E-state index contributed by atoms with van der Waals surface area (Å²) in [5, 5.41) is 0. The molecule has 0 aromatic rings. The Labute approximate surface area is 120 Å². The first-order valence-corrected chi connectivity index (χ1v) is 8.30. The SMILES string of the molecule is CC(C)C1=C(C(C)C)CC2(CC1)CCN(C(C)C)C2. The minimum absolute atomic E-state index is 0.613. The maximum absolute atomic E-state index is 2.69. The molecule has 0 saturated carbocycles. The lowest BCUT2D eigenvalue weighted by Gasteiger charge is -2.39. The van der Waals surface area contributed by atoms with E-state index in [0.717, 1.165) is 17.9 Å². The van der Waals surface area contributed by atoms with E-state index in [1.54, 1.807) is 11.1 Å². The first-order valence-electron chi connectivity index (χ1n) is 8.30. The van der Waals surface area contributed by atoms with Crippen molar-refractivity contribution in [1.82, 2.24) is 4.90 Å². The molecule has 0 radical (unpaired) electrons. The lowest BCUT2D eigenvalue weighted by molar-refractivity contribution is 0.197. The number of likely N-dealkylation sites (tertiary alicyclic amines) is 1. The largest absolute Gasteiger partial charge is 0.300 e. The third kappa shape index (κ3) is 3.07. The van der Waals surface area contributed by atoms with E-state index in [2.05, 4.69) is 46.4 Å². The fourth-order valence-electron chi connectivity index (χ4n) is 4.16. The van der Waals surface area contributed by atoms with Crippen LogP contribution < -0.4 is 0 Å². The highest BCUT2D eigenvalue weighted by Crippen LogP contribution is 2.49. The lowest BCUT2D eigenvalue weighted by atomic mass is 9.67. The van der Waals surface area contributed by atoms with Crippen LogP contribution >= 0.6 is 0 Å². The Bertz CT molecular complexity index is 351. The van der Waals surface area contributed by atoms with Crippen LogP contribution in [0.25, 0.3) is 0 Å². The Morgan fingerprint density at radius 3 is 2.00 bits per heavy atom. The predicted octanol–water partition coefficient (Wildman–Crippen LogP) is 4.88. The number of allylic oxidation sites excluding steroid dienone is 2. The second-order valence-electron chi connectivity index (χ2n) is 7.85. The van der Waals surface area contributed by atoms with Crippen molar-refractivity contribution in [2.75, 3.05) is 13.1 Å². The molecule has 0 bridgehead atoms. The molecule has 1 aliphatic heterocycles. The van der Waals surface area contributed by atoms with Crippen LogP contribution in [0.3, 0.4) is 0 Å². The molecule has 1 fully saturated rings. The van der Waals surface area contributed by atoms with Crippen molar-refractivity contribution in [3.63, 3.8) is 0 Å². The Morgan fingerprint density at radius 2 is 1.53 bits per heavy atom. The van der Waals surface area contributed by atoms with Gasteiger partial charge in [-0.3, -0.25) is 0 Å². The molecule has 0 aromatic carbocycles. The molecule has 1 nitrogen and oxygen atoms in total. The van der Waals surface area contributed by atoms with E-state index < -0.39 is 0 Å². The van der Waals surface area contributed by atoms with Crippen molar-refractivity contribution in [2.24, 2.45) is 17.3 Å². The monoisotopic (exact) mass is 263 g/mol. The van der Waals surface area contributed by atoms with Crippen molar-refractivity contribution in [2.45, 2.75) is 73.3 Å². The Hall–Kier alpha value is -0.300. The van der Waals surface area contributed by atoms with Crippen LogP contribution in [0.1, 0.15) is 67.2 Å². The average molecular weight is 263 g/mol. The standard InChI is InChI=1S/C18H33N/c1-13(2)16-7-8-18(11-17(16)14(3)4)9-10-19(12-18)15(5)6/h13-15H,7-12H2,1-6H3. The highest BCUT2D eigenvalue weighted by Gasteiger charge is 2.42. The molecular formula is C18H33N. The summed E-state index contributed by atoms with van der Waals surface area (Å²) in [6.45, 7) is 16.9. The number of nitrogens with zero attached hydrogens (tertiary/aromatic N) is 1. The van der Waals surface area contributed by atoms with Crippen LogP contribution in [0.5, 0.6) is 0 Å². The summed E-state index contributed by atoms with van der Waals surface area (Å²) in [6.07, 6.45) is 5.59. The summed E-state index contributed by atoms with van der Waals surface area (Å²) in [6, 6.07) is 0.720. The zero-order valence-corrected chi connectivity index (χ0v) is 13.9. The van der Waals surface area contributed by atoms with Gasteiger partial charge in [-0.1, -0.05) is 38.8 Å². The highest BCUT2D eigenvalue weighted by atomic mass is 15.2. The van der Waals surface area contributed by atoms with Gasteiger partial charge in [0.25, 0.3) is 0 Å². The maximum atomic E-state index is 2.69. The summed E-state index contributed by atoms with van der Waals surface area (Å²) in [7, 11) is 0. The smallest absolute Gasteiger partial charge is 0.00443 e. The molecule has 2 aliphatic rings. The second kappa shape index (κ2) is 5.60. The van der Waals surface area contributed by atoms with Crippen LogP contribution in [0, 0.1) is 17.3 Å². The maximum Gasteiger partial charge on any atom is 0.00443 e. The molecule has 1 atom stereocenters. The van der Waals surface area contributed by atoms with Crippen LogP contribution in [0.4, 0.5) is 0 Å². The summed E-state index contributed by atoms with van der Waals surface area (Å²) in [5.74, 6) is 1.49. The summed E-state index contributed by atoms with van der Waals surface area (Å²) in [4.78, 5) is 2.69. The van der Waals surface area contributed by atoms with Crippen LogP contribution in [0.2, 0.25) is 0 Å². The van der Waals surface area contributed by atoms with E-state index >= 15 is 0 Å². The highest BCUT2D eigenvalue weighted by molar-refractivity contribution is 5.24. The molecule has 0 amide bonds. The summed E-state index contributed by atoms with van der Waals surface area (Å²) < 4.78 is 0. The Balaban J connectivity index is 2.17. The molecule has 1 aliphatic carbocycles. The summed E-state index contributed by atoms with van der Waals surface area (Å²) >= 11 is 0. The zero-order chi connectivity index (χ0) is 14.2. The normalized spacial score (nSPS) is 29.5. The molecule has 1 saturated heterocycles. The van der Waals surface area contributed by atoms with Gasteiger partial charge in [0.1, 0.15) is 0 Å². The van der Waals surface area contributed by atoms with Crippen LogP contribution in [-0.4, -0.2) is 24.0 Å². The first kappa shape index (κ1) is 15.1. The minimum Gasteiger partial charge on any atom is -0.300 e. The van der Waals surface area contributed by atoms with Crippen LogP contribution in [0.15, 0.2) is 11.1 Å². The molecule has 1 unspecified atom stereocenters. The van der Waals surface area contributed by atoms with Gasteiger partial charge < -0.3 is 4.90 Å². The first-order chi connectivity index (χ1) is 8.84. The van der Waals surface area contributed by atoms with Gasteiger partial charge in [0.05, 0.1) is 0 Å². The molecule has 1 heterocycles. The topological polar surface area (TPSA) is 3.24 Å². The van der Waals surface area contributed by atoms with E-state index in [4.69, 9.17) is 0 Å². The van der Waals surface area contributed by atoms with Gasteiger partial charge in [-0.25, -0.2) is 0 Å². The third-order valence-electron chi connectivity index (χ3n) is 5.49. The van der Waals surface area contributed by atoms with Gasteiger partial charge in [0.2, 0.25) is 0 Å². The van der Waals surface area contributed by atoms with Crippen molar-refractivity contribution in [3.05, 3.63) is 11.1 Å². The van der Waals surface area contributed by atoms with Gasteiger partial charge >= 0.3 is 0 Å². The van der Waals surface area contributed by atoms with E-state index in [1.165, 1.54) is 38.8 Å². The van der Waals surface area contributed by atoms with Crippen molar-refractivity contribution in [3.8, 4) is 0 Å². The van der Waals surface area contributed by atoms with Crippen molar-refractivity contribution in [1.29, 1.82) is 0 Å². The Morgan fingerprint density at radius 1 is 0.895 bits per heavy atom. The average Bonchev–Trinajstić information content (AvgIpc) is 2.73. The van der Waals surface area contributed by atoms with E-state index in [1.807, 2.05) is 0 Å². The molecule has 2 rings (SSSR count). The number of hydrogen-bond donors (Lipinski definition) is 0. The fraction of sp³-hybridized carbons (Fsp3) is 0.889. The molecule has 1 spiro atoms. The third-order valence-corrected chi connectivity index (χ3v) is 5.49. The molecule has 0 aromatic heterocycles. The molecular weight excluding hydrogens is 230 g/mol. The van der Waals surface area contributed by atoms with Crippen LogP contribution in [-0.2, 0) is 0 Å². The molecule has 110 valence electrons. The van der Waals surface area contributed by atoms with E-state index in [9.17, 15) is 0 Å². The van der Waals surface area contributed by atoms with Gasteiger partial charge in [-0.2, -0.15) is 0 Å². The minimum atomic E-state index is 0.613. The van der Waals surface area contributed by atoms with Gasteiger partial charge in [-0.15, -0.1) is 0 Å². The lowest BCUT2D eigenvalue weighted by Crippen LogP contribution is -2.34. The zero-order valence-electron chi connectivity index (χ0n) is 13.9. The fourth-order valence-corrected chi connectivity index (χ4v) is 4.16. The number of rotatable bonds is 3. The second-order valence-corrected chi connectivity index (χ2v) is 7.85. The predicted molar refractivity (Wildman–Crippen MR) is 84.3 cm³/mol. The summed E-state index contributed by atoms with van der Waals surface area (Å²) in [5.41, 5.74) is 4.19. The molecule has 0 N–H and O–H groups in total. The Kier molecular flexibility index (Phi) is 4.45. The quantitative estimate of drug-likeness (QED) is 0.656. The van der Waals surface area contributed by atoms with Gasteiger partial charge in [0, 0.05) is 12.6 Å². The van der Waals surface area contributed by atoms with Crippen molar-refractivity contribution < 1.29 is 0 Å². The van der Waals surface area contributed by atoms with E-state index in [0.29, 0.717) is 5.41 Å². The molecule has 1 heteroatoms. The van der Waals surface area contributed by atoms with E-state index in [-0.39, 0.29) is 0 Å². The number of hydrogen-bond acceptors (Lipinski definition) is 1. The van der Waals surface area contributed by atoms with Crippen molar-refractivity contribution >= 4 is 0 Å². The van der Waals surface area contributed by atoms with Gasteiger partial charge in [0.15, 0.2) is 0 Å².